The molecule has 3 N–H and O–H groups in total. The fourth-order valence-corrected chi connectivity index (χ4v) is 1.90. The van der Waals surface area contributed by atoms with Gasteiger partial charge in [0.15, 0.2) is 0 Å². The van der Waals surface area contributed by atoms with Crippen LogP contribution in [-0.2, 0) is 4.79 Å². The number of carbonyl (C=O) groups excluding carboxylic acids is 1. The second kappa shape index (κ2) is 6.06. The molecule has 0 spiro atoms. The third kappa shape index (κ3) is 3.47. The largest absolute Gasteiger partial charge is 0.324 e. The molecule has 0 aromatic heterocycles. The second-order valence-corrected chi connectivity index (χ2v) is 4.82. The molecule has 0 aliphatic heterocycles. The monoisotopic (exact) mass is 294 g/mol. The lowest BCUT2D eigenvalue weighted by molar-refractivity contribution is -0.117. The summed E-state index contributed by atoms with van der Waals surface area (Å²) in [6.45, 7) is 0. The van der Waals surface area contributed by atoms with E-state index in [1.807, 2.05) is 18.2 Å². The minimum atomic E-state index is -0.726. The third-order valence-electron chi connectivity index (χ3n) is 2.63. The summed E-state index contributed by atoms with van der Waals surface area (Å²) < 4.78 is 0. The lowest BCUT2D eigenvalue weighted by atomic mass is 10.1. The van der Waals surface area contributed by atoms with Crippen molar-refractivity contribution < 1.29 is 4.79 Å². The van der Waals surface area contributed by atoms with Gasteiger partial charge in [0.25, 0.3) is 0 Å². The highest BCUT2D eigenvalue weighted by Crippen LogP contribution is 2.25. The van der Waals surface area contributed by atoms with Crippen LogP contribution < -0.4 is 11.1 Å². The number of halogens is 2. The lowest BCUT2D eigenvalue weighted by Crippen LogP contribution is -2.27. The van der Waals surface area contributed by atoms with Crippen LogP contribution in [-0.4, -0.2) is 5.91 Å². The number of nitrogens with two attached hydrogens (primary N) is 1. The molecule has 2 rings (SSSR count). The summed E-state index contributed by atoms with van der Waals surface area (Å²) in [6.07, 6.45) is 0. The number of anilines is 1. The van der Waals surface area contributed by atoms with E-state index < -0.39 is 6.04 Å². The lowest BCUT2D eigenvalue weighted by Gasteiger charge is -2.12. The molecule has 0 unspecified atom stereocenters. The Hall–Kier alpha value is -1.55. The SMILES string of the molecule is N[C@H](C(=O)Nc1ccc(Cl)c(Cl)c1)c1ccccc1. The van der Waals surface area contributed by atoms with Gasteiger partial charge in [0.05, 0.1) is 10.0 Å². The summed E-state index contributed by atoms with van der Waals surface area (Å²) in [7, 11) is 0. The van der Waals surface area contributed by atoms with Crippen LogP contribution in [0.4, 0.5) is 5.69 Å². The number of amides is 1. The van der Waals surface area contributed by atoms with E-state index in [4.69, 9.17) is 28.9 Å². The van der Waals surface area contributed by atoms with Crippen LogP contribution in [0.15, 0.2) is 48.5 Å². The molecule has 1 atom stereocenters. The number of benzene rings is 2. The summed E-state index contributed by atoms with van der Waals surface area (Å²) in [4.78, 5) is 12.0. The molecular weight excluding hydrogens is 283 g/mol. The topological polar surface area (TPSA) is 55.1 Å². The van der Waals surface area contributed by atoms with Gasteiger partial charge < -0.3 is 11.1 Å². The number of carbonyl (C=O) groups is 1. The van der Waals surface area contributed by atoms with Gasteiger partial charge in [-0.25, -0.2) is 0 Å². The molecule has 5 heteroatoms. The van der Waals surface area contributed by atoms with Gasteiger partial charge in [0.1, 0.15) is 6.04 Å². The molecule has 2 aromatic carbocycles. The van der Waals surface area contributed by atoms with E-state index in [0.717, 1.165) is 5.56 Å². The first-order chi connectivity index (χ1) is 9.08. The van der Waals surface area contributed by atoms with Gasteiger partial charge in [-0.2, -0.15) is 0 Å². The normalized spacial score (nSPS) is 11.9. The first-order valence-electron chi connectivity index (χ1n) is 5.64. The molecule has 0 radical (unpaired) electrons. The summed E-state index contributed by atoms with van der Waals surface area (Å²) in [6, 6.07) is 13.3. The molecule has 1 amide bonds. The zero-order chi connectivity index (χ0) is 13.8. The Bertz CT molecular complexity index is 587. The van der Waals surface area contributed by atoms with Crippen LogP contribution in [0.1, 0.15) is 11.6 Å². The number of hydrogen-bond donors (Lipinski definition) is 2. The molecule has 0 bridgehead atoms. The van der Waals surface area contributed by atoms with Crippen molar-refractivity contribution in [3.05, 3.63) is 64.1 Å². The Morgan fingerprint density at radius 1 is 1.05 bits per heavy atom. The fraction of sp³-hybridized carbons (Fsp3) is 0.0714. The van der Waals surface area contributed by atoms with E-state index in [2.05, 4.69) is 5.32 Å². The molecule has 2 aromatic rings. The predicted molar refractivity (Wildman–Crippen MR) is 78.5 cm³/mol. The van der Waals surface area contributed by atoms with Crippen molar-refractivity contribution in [2.45, 2.75) is 6.04 Å². The van der Waals surface area contributed by atoms with Crippen molar-refractivity contribution in [3.8, 4) is 0 Å². The minimum absolute atomic E-state index is 0.301. The molecule has 0 heterocycles. The maximum atomic E-state index is 12.0. The smallest absolute Gasteiger partial charge is 0.245 e. The fourth-order valence-electron chi connectivity index (χ4n) is 1.61. The van der Waals surface area contributed by atoms with Gasteiger partial charge in [-0.05, 0) is 23.8 Å². The molecule has 98 valence electrons. The quantitative estimate of drug-likeness (QED) is 0.908. The summed E-state index contributed by atoms with van der Waals surface area (Å²) in [5.41, 5.74) is 7.19. The van der Waals surface area contributed by atoms with E-state index in [-0.39, 0.29) is 5.91 Å². The molecule has 0 fully saturated rings. The summed E-state index contributed by atoms with van der Waals surface area (Å²) in [5.74, 6) is -0.301. The molecule has 0 saturated carbocycles. The number of nitrogens with one attached hydrogen (secondary N) is 1. The van der Waals surface area contributed by atoms with Gasteiger partial charge >= 0.3 is 0 Å². The Balaban J connectivity index is 2.10. The maximum absolute atomic E-state index is 12.0. The van der Waals surface area contributed by atoms with Crippen molar-refractivity contribution >= 4 is 34.8 Å². The first-order valence-corrected chi connectivity index (χ1v) is 6.40. The molecule has 0 aliphatic rings. The molecule has 0 saturated heterocycles. The predicted octanol–water partition coefficient (Wildman–Crippen LogP) is 3.63. The van der Waals surface area contributed by atoms with Crippen LogP contribution in [0, 0.1) is 0 Å². The van der Waals surface area contributed by atoms with Crippen molar-refractivity contribution in [2.24, 2.45) is 5.73 Å². The third-order valence-corrected chi connectivity index (χ3v) is 3.37. The van der Waals surface area contributed by atoms with Gasteiger partial charge in [-0.15, -0.1) is 0 Å². The van der Waals surface area contributed by atoms with Crippen LogP contribution in [0.5, 0.6) is 0 Å². The van der Waals surface area contributed by atoms with Crippen LogP contribution in [0.3, 0.4) is 0 Å². The Morgan fingerprint density at radius 2 is 1.74 bits per heavy atom. The average Bonchev–Trinajstić information content (AvgIpc) is 2.43. The molecular formula is C14H12Cl2N2O. The Labute approximate surface area is 121 Å². The summed E-state index contributed by atoms with van der Waals surface area (Å²) >= 11 is 11.7. The zero-order valence-electron chi connectivity index (χ0n) is 9.94. The van der Waals surface area contributed by atoms with Crippen LogP contribution in [0.25, 0.3) is 0 Å². The van der Waals surface area contributed by atoms with Crippen molar-refractivity contribution in [1.82, 2.24) is 0 Å². The van der Waals surface area contributed by atoms with Crippen molar-refractivity contribution in [2.75, 3.05) is 5.32 Å². The molecule has 19 heavy (non-hydrogen) atoms. The number of rotatable bonds is 3. The highest BCUT2D eigenvalue weighted by molar-refractivity contribution is 6.42. The standard InChI is InChI=1S/C14H12Cl2N2O/c15-11-7-6-10(8-12(11)16)18-14(19)13(17)9-4-2-1-3-5-9/h1-8,13H,17H2,(H,18,19)/t13-/m0/s1. The van der Waals surface area contributed by atoms with Crippen LogP contribution in [0.2, 0.25) is 10.0 Å². The Kier molecular flexibility index (Phi) is 4.43. The van der Waals surface area contributed by atoms with E-state index in [9.17, 15) is 4.79 Å². The van der Waals surface area contributed by atoms with Gasteiger partial charge in [0.2, 0.25) is 5.91 Å². The number of hydrogen-bond acceptors (Lipinski definition) is 2. The second-order valence-electron chi connectivity index (χ2n) is 4.01. The highest BCUT2D eigenvalue weighted by Gasteiger charge is 2.15. The summed E-state index contributed by atoms with van der Waals surface area (Å²) in [5, 5.41) is 3.52. The van der Waals surface area contributed by atoms with Crippen LogP contribution >= 0.6 is 23.2 Å². The van der Waals surface area contributed by atoms with E-state index in [0.29, 0.717) is 15.7 Å². The van der Waals surface area contributed by atoms with E-state index in [1.54, 1.807) is 30.3 Å². The maximum Gasteiger partial charge on any atom is 0.245 e. The van der Waals surface area contributed by atoms with Gasteiger partial charge in [-0.3, -0.25) is 4.79 Å². The van der Waals surface area contributed by atoms with E-state index >= 15 is 0 Å². The first kappa shape index (κ1) is 13.9. The van der Waals surface area contributed by atoms with Gasteiger partial charge in [0, 0.05) is 5.69 Å². The highest BCUT2D eigenvalue weighted by atomic mass is 35.5. The van der Waals surface area contributed by atoms with Gasteiger partial charge in [-0.1, -0.05) is 53.5 Å². The van der Waals surface area contributed by atoms with Crippen molar-refractivity contribution in [3.63, 3.8) is 0 Å². The Morgan fingerprint density at radius 3 is 2.37 bits per heavy atom. The molecule has 0 aliphatic carbocycles. The minimum Gasteiger partial charge on any atom is -0.324 e. The average molecular weight is 295 g/mol. The molecule has 3 nitrogen and oxygen atoms in total. The van der Waals surface area contributed by atoms with Crippen molar-refractivity contribution in [1.29, 1.82) is 0 Å². The zero-order valence-corrected chi connectivity index (χ0v) is 11.4. The van der Waals surface area contributed by atoms with E-state index in [1.165, 1.54) is 0 Å².